The van der Waals surface area contributed by atoms with Crippen LogP contribution in [0.25, 0.3) is 11.4 Å². The maximum atomic E-state index is 14.1. The zero-order valence-electron chi connectivity index (χ0n) is 23.5. The van der Waals surface area contributed by atoms with Crippen LogP contribution in [0.15, 0.2) is 42.7 Å². The molecule has 5 rings (SSSR count). The van der Waals surface area contributed by atoms with Gasteiger partial charge in [0.1, 0.15) is 18.0 Å². The van der Waals surface area contributed by atoms with E-state index in [-0.39, 0.29) is 5.92 Å². The number of ether oxygens (including phenoxy) is 1. The van der Waals surface area contributed by atoms with Crippen LogP contribution < -0.4 is 0 Å². The molecule has 2 aromatic heterocycles. The molecule has 1 N–H and O–H groups in total. The van der Waals surface area contributed by atoms with Crippen LogP contribution in [0.5, 0.6) is 0 Å². The van der Waals surface area contributed by atoms with Crippen molar-refractivity contribution in [1.82, 2.24) is 24.6 Å². The normalized spacial score (nSPS) is 20.1. The molecule has 1 atom stereocenters. The van der Waals surface area contributed by atoms with E-state index in [0.29, 0.717) is 67.8 Å². The predicted molar refractivity (Wildman–Crippen MR) is 146 cm³/mol. The lowest BCUT2D eigenvalue weighted by molar-refractivity contribution is -0.127. The molecule has 0 spiro atoms. The standard InChI is InChI=1S/C30H39F2N5O2/c1-20(2)21-6-8-24(9-7-21)30(38,28(3)17-36(5)18-28)25-14-23(15-33-16-25)26-34-27(22-10-12-39-13-11-22)37(35-26)19-29(4,31)32/h6-9,14-16,20,22,38H,10-13,17-19H2,1-5H3/t30-/m0/s1. The number of hydrogen-bond acceptors (Lipinski definition) is 6. The van der Waals surface area contributed by atoms with Crippen LogP contribution in [0.1, 0.15) is 74.9 Å². The van der Waals surface area contributed by atoms with E-state index in [1.165, 1.54) is 10.2 Å². The third kappa shape index (κ3) is 5.36. The highest BCUT2D eigenvalue weighted by Crippen LogP contribution is 2.50. The van der Waals surface area contributed by atoms with Gasteiger partial charge in [0.05, 0.1) is 0 Å². The third-order valence-corrected chi connectivity index (χ3v) is 8.23. The molecule has 0 saturated carbocycles. The molecule has 9 heteroatoms. The van der Waals surface area contributed by atoms with E-state index in [1.807, 2.05) is 25.2 Å². The topological polar surface area (TPSA) is 76.3 Å². The molecule has 2 saturated heterocycles. The van der Waals surface area contributed by atoms with Gasteiger partial charge in [-0.2, -0.15) is 5.10 Å². The van der Waals surface area contributed by atoms with Gasteiger partial charge in [-0.15, -0.1) is 0 Å². The molecule has 0 bridgehead atoms. The highest BCUT2D eigenvalue weighted by atomic mass is 19.3. The second-order valence-corrected chi connectivity index (χ2v) is 12.1. The number of halogens is 2. The molecule has 0 radical (unpaired) electrons. The molecule has 2 aliphatic rings. The van der Waals surface area contributed by atoms with Crippen molar-refractivity contribution in [1.29, 1.82) is 0 Å². The van der Waals surface area contributed by atoms with Crippen molar-refractivity contribution < 1.29 is 18.6 Å². The van der Waals surface area contributed by atoms with E-state index in [1.54, 1.807) is 12.4 Å². The Hall–Kier alpha value is -2.75. The van der Waals surface area contributed by atoms with Crippen LogP contribution in [-0.2, 0) is 16.9 Å². The molecule has 4 heterocycles. The fraction of sp³-hybridized carbons (Fsp3) is 0.567. The van der Waals surface area contributed by atoms with Crippen molar-refractivity contribution in [2.45, 2.75) is 70.4 Å². The van der Waals surface area contributed by atoms with Crippen molar-refractivity contribution in [2.24, 2.45) is 5.41 Å². The van der Waals surface area contributed by atoms with E-state index in [2.05, 4.69) is 47.9 Å². The first-order valence-electron chi connectivity index (χ1n) is 13.8. The van der Waals surface area contributed by atoms with Gasteiger partial charge in [-0.05, 0) is 43.0 Å². The Morgan fingerprint density at radius 2 is 1.77 bits per heavy atom. The lowest BCUT2D eigenvalue weighted by Gasteiger charge is -2.55. The quantitative estimate of drug-likeness (QED) is 0.424. The minimum atomic E-state index is -2.93. The van der Waals surface area contributed by atoms with Crippen LogP contribution in [0.3, 0.4) is 0 Å². The smallest absolute Gasteiger partial charge is 0.264 e. The van der Waals surface area contributed by atoms with Gasteiger partial charge in [0, 0.05) is 68.1 Å². The van der Waals surface area contributed by atoms with Crippen LogP contribution in [-0.4, -0.2) is 69.0 Å². The van der Waals surface area contributed by atoms with Gasteiger partial charge in [0.25, 0.3) is 5.92 Å². The number of alkyl halides is 2. The molecule has 7 nitrogen and oxygen atoms in total. The fourth-order valence-electron chi connectivity index (χ4n) is 6.22. The van der Waals surface area contributed by atoms with E-state index in [4.69, 9.17) is 9.72 Å². The Morgan fingerprint density at radius 3 is 2.36 bits per heavy atom. The summed E-state index contributed by atoms with van der Waals surface area (Å²) in [5.74, 6) is -1.67. The molecular weight excluding hydrogens is 500 g/mol. The SMILES string of the molecule is CC(C)c1ccc([C@](O)(c2cncc(-c3nc(C4CCOCC4)n(CC(C)(F)F)n3)c2)C2(C)CN(C)C2)cc1. The van der Waals surface area contributed by atoms with Crippen molar-refractivity contribution >= 4 is 0 Å². The van der Waals surface area contributed by atoms with Crippen LogP contribution in [0.4, 0.5) is 8.78 Å². The number of hydrogen-bond donors (Lipinski definition) is 1. The lowest BCUT2D eigenvalue weighted by atomic mass is 9.62. The average Bonchev–Trinajstić information content (AvgIpc) is 3.30. The molecule has 1 aromatic carbocycles. The molecular formula is C30H39F2N5O2. The van der Waals surface area contributed by atoms with Gasteiger partial charge in [0.2, 0.25) is 0 Å². The Bertz CT molecular complexity index is 1290. The molecule has 0 amide bonds. The highest BCUT2D eigenvalue weighted by Gasteiger charge is 2.55. The van der Waals surface area contributed by atoms with Gasteiger partial charge in [-0.1, -0.05) is 45.0 Å². The van der Waals surface area contributed by atoms with Gasteiger partial charge >= 0.3 is 0 Å². The number of aliphatic hydroxyl groups is 1. The number of pyridine rings is 1. The molecule has 2 fully saturated rings. The van der Waals surface area contributed by atoms with Gasteiger partial charge in [-0.3, -0.25) is 4.98 Å². The molecule has 2 aliphatic heterocycles. The summed E-state index contributed by atoms with van der Waals surface area (Å²) in [7, 11) is 2.04. The van der Waals surface area contributed by atoms with Crippen molar-refractivity contribution in [3.05, 3.63) is 65.2 Å². The zero-order valence-corrected chi connectivity index (χ0v) is 23.5. The zero-order chi connectivity index (χ0) is 28.0. The molecule has 0 unspecified atom stereocenters. The van der Waals surface area contributed by atoms with Gasteiger partial charge < -0.3 is 14.7 Å². The summed E-state index contributed by atoms with van der Waals surface area (Å²) < 4.78 is 35.0. The molecule has 210 valence electrons. The highest BCUT2D eigenvalue weighted by molar-refractivity contribution is 5.56. The largest absolute Gasteiger partial charge is 0.381 e. The summed E-state index contributed by atoms with van der Waals surface area (Å²) >= 11 is 0. The lowest BCUT2D eigenvalue weighted by Crippen LogP contribution is -2.63. The van der Waals surface area contributed by atoms with Crippen LogP contribution >= 0.6 is 0 Å². The van der Waals surface area contributed by atoms with Crippen molar-refractivity contribution in [3.8, 4) is 11.4 Å². The van der Waals surface area contributed by atoms with E-state index >= 15 is 0 Å². The molecule has 3 aromatic rings. The second-order valence-electron chi connectivity index (χ2n) is 12.1. The summed E-state index contributed by atoms with van der Waals surface area (Å²) in [5.41, 5.74) is 1.46. The first-order valence-corrected chi connectivity index (χ1v) is 13.8. The number of rotatable bonds is 8. The third-order valence-electron chi connectivity index (χ3n) is 8.23. The minimum absolute atomic E-state index is 0.000629. The first kappa shape index (κ1) is 27.8. The Kier molecular flexibility index (Phi) is 7.37. The van der Waals surface area contributed by atoms with E-state index < -0.39 is 23.5 Å². The van der Waals surface area contributed by atoms with Gasteiger partial charge in [0.15, 0.2) is 5.82 Å². The average molecular weight is 540 g/mol. The van der Waals surface area contributed by atoms with Crippen LogP contribution in [0.2, 0.25) is 0 Å². The number of nitrogens with zero attached hydrogens (tertiary/aromatic N) is 5. The summed E-state index contributed by atoms with van der Waals surface area (Å²) in [4.78, 5) is 11.4. The molecule has 39 heavy (non-hydrogen) atoms. The van der Waals surface area contributed by atoms with Gasteiger partial charge in [-0.25, -0.2) is 18.4 Å². The van der Waals surface area contributed by atoms with E-state index in [0.717, 1.165) is 12.5 Å². The summed E-state index contributed by atoms with van der Waals surface area (Å²) in [6, 6.07) is 10.0. The maximum Gasteiger partial charge on any atom is 0.264 e. The maximum absolute atomic E-state index is 14.1. The fourth-order valence-corrected chi connectivity index (χ4v) is 6.22. The summed E-state index contributed by atoms with van der Waals surface area (Å²) in [6.07, 6.45) is 4.76. The monoisotopic (exact) mass is 539 g/mol. The Labute approximate surface area is 229 Å². The number of benzene rings is 1. The summed E-state index contributed by atoms with van der Waals surface area (Å²) in [6.45, 7) is 9.30. The Morgan fingerprint density at radius 1 is 1.10 bits per heavy atom. The van der Waals surface area contributed by atoms with Crippen molar-refractivity contribution in [3.63, 3.8) is 0 Å². The van der Waals surface area contributed by atoms with E-state index in [9.17, 15) is 13.9 Å². The number of aromatic nitrogens is 4. The second kappa shape index (κ2) is 10.3. The first-order chi connectivity index (χ1) is 18.4. The van der Waals surface area contributed by atoms with Crippen LogP contribution in [0, 0.1) is 5.41 Å². The Balaban J connectivity index is 1.58. The predicted octanol–water partition coefficient (Wildman–Crippen LogP) is 5.20. The van der Waals surface area contributed by atoms with Crippen molar-refractivity contribution in [2.75, 3.05) is 33.4 Å². The summed E-state index contributed by atoms with van der Waals surface area (Å²) in [5, 5.41) is 17.1. The molecule has 0 aliphatic carbocycles. The number of likely N-dealkylation sites (tertiary alicyclic amines) is 1. The minimum Gasteiger partial charge on any atom is -0.381 e.